The number of amides is 1. The molecule has 1 N–H and O–H groups in total. The number of rotatable bonds is 6. The Morgan fingerprint density at radius 2 is 1.96 bits per heavy atom. The summed E-state index contributed by atoms with van der Waals surface area (Å²) < 4.78 is 15.6. The smallest absolute Gasteiger partial charge is 0.306 e. The number of nitrogens with zero attached hydrogens (tertiary/aromatic N) is 1. The van der Waals surface area contributed by atoms with Crippen molar-refractivity contribution in [2.45, 2.75) is 26.4 Å². The van der Waals surface area contributed by atoms with Gasteiger partial charge in [-0.3, -0.25) is 9.59 Å². The van der Waals surface area contributed by atoms with Gasteiger partial charge < -0.3 is 24.2 Å². The number of ether oxygens (including phenoxy) is 3. The molecule has 0 fully saturated rings. The van der Waals surface area contributed by atoms with Gasteiger partial charge in [0.15, 0.2) is 11.5 Å². The average Bonchev–Trinajstić information content (AvgIpc) is 2.58. The number of hydrogen-bond donors (Lipinski definition) is 1. The molecule has 0 saturated carbocycles. The lowest BCUT2D eigenvalue weighted by Crippen LogP contribution is -2.44. The third-order valence-electron chi connectivity index (χ3n) is 4.12. The molecule has 7 heteroatoms. The van der Waals surface area contributed by atoms with Crippen LogP contribution in [0.3, 0.4) is 0 Å². The van der Waals surface area contributed by atoms with E-state index in [9.17, 15) is 14.7 Å². The molecule has 1 aliphatic heterocycles. The molecule has 1 aromatic rings. The monoisotopic (exact) mass is 337 g/mol. The van der Waals surface area contributed by atoms with Gasteiger partial charge in [-0.2, -0.15) is 0 Å². The Hall–Kier alpha value is -2.28. The van der Waals surface area contributed by atoms with E-state index in [4.69, 9.17) is 14.2 Å². The summed E-state index contributed by atoms with van der Waals surface area (Å²) in [7, 11) is 2.97. The molecular formula is C17H23NO6. The number of hydrogen-bond acceptors (Lipinski definition) is 6. The zero-order valence-electron chi connectivity index (χ0n) is 14.4. The first-order valence-corrected chi connectivity index (χ1v) is 7.89. The molecule has 0 aliphatic carbocycles. The average molecular weight is 337 g/mol. The number of aliphatic hydroxyl groups is 1. The van der Waals surface area contributed by atoms with Gasteiger partial charge in [-0.05, 0) is 26.0 Å². The predicted molar refractivity (Wildman–Crippen MR) is 87.3 cm³/mol. The van der Waals surface area contributed by atoms with Gasteiger partial charge in [0.05, 0.1) is 50.5 Å². The van der Waals surface area contributed by atoms with Gasteiger partial charge in [0.25, 0.3) is 0 Å². The van der Waals surface area contributed by atoms with Crippen molar-refractivity contribution in [3.8, 4) is 11.5 Å². The summed E-state index contributed by atoms with van der Waals surface area (Å²) in [6, 6.07) is 3.40. The highest BCUT2D eigenvalue weighted by atomic mass is 16.5. The van der Waals surface area contributed by atoms with Crippen LogP contribution in [0.25, 0.3) is 0 Å². The number of benzene rings is 1. The maximum absolute atomic E-state index is 12.7. The Morgan fingerprint density at radius 3 is 2.50 bits per heavy atom. The summed E-state index contributed by atoms with van der Waals surface area (Å²) in [5.41, 5.74) is 1.01. The van der Waals surface area contributed by atoms with Crippen molar-refractivity contribution in [1.82, 2.24) is 0 Å². The second-order valence-corrected chi connectivity index (χ2v) is 5.38. The molecule has 1 heterocycles. The highest BCUT2D eigenvalue weighted by molar-refractivity contribution is 6.01. The minimum absolute atomic E-state index is 0.190. The van der Waals surface area contributed by atoms with Crippen LogP contribution in [0.1, 0.15) is 31.9 Å². The number of anilines is 1. The van der Waals surface area contributed by atoms with Crippen molar-refractivity contribution in [3.63, 3.8) is 0 Å². The van der Waals surface area contributed by atoms with Crippen molar-refractivity contribution < 1.29 is 28.9 Å². The summed E-state index contributed by atoms with van der Waals surface area (Å²) in [4.78, 5) is 26.1. The van der Waals surface area contributed by atoms with Crippen LogP contribution in [-0.2, 0) is 14.3 Å². The second kappa shape index (κ2) is 7.53. The molecule has 2 atom stereocenters. The number of methoxy groups -OCH3 is 2. The van der Waals surface area contributed by atoms with E-state index < -0.39 is 18.0 Å². The molecule has 0 spiro atoms. The van der Waals surface area contributed by atoms with Gasteiger partial charge >= 0.3 is 5.97 Å². The zero-order chi connectivity index (χ0) is 17.9. The Labute approximate surface area is 141 Å². The van der Waals surface area contributed by atoms with Gasteiger partial charge in [0.2, 0.25) is 5.91 Å². The summed E-state index contributed by atoms with van der Waals surface area (Å²) >= 11 is 0. The Morgan fingerprint density at radius 1 is 1.25 bits per heavy atom. The number of aliphatic hydroxyl groups excluding tert-OH is 1. The third-order valence-corrected chi connectivity index (χ3v) is 4.12. The van der Waals surface area contributed by atoms with Crippen LogP contribution in [0, 0.1) is 5.92 Å². The molecule has 2 rings (SSSR count). The van der Waals surface area contributed by atoms with Crippen molar-refractivity contribution in [3.05, 3.63) is 17.7 Å². The highest BCUT2D eigenvalue weighted by Crippen LogP contribution is 2.47. The first-order chi connectivity index (χ1) is 11.5. The minimum atomic E-state index is -1.18. The van der Waals surface area contributed by atoms with E-state index in [1.807, 2.05) is 6.92 Å². The molecule has 1 aliphatic rings. The standard InChI is InChI=1S/C17H23NO6/c1-5-18-11-7-8-12(22-3)16(23-4)14(11)15(20)10(17(18)21)9-13(19)24-6-2/h7-8,10,15,20H,5-6,9H2,1-4H3. The first-order valence-electron chi connectivity index (χ1n) is 7.89. The molecule has 24 heavy (non-hydrogen) atoms. The summed E-state index contributed by atoms with van der Waals surface area (Å²) in [6.45, 7) is 4.16. The maximum atomic E-state index is 12.7. The van der Waals surface area contributed by atoms with Crippen LogP contribution in [0.4, 0.5) is 5.69 Å². The molecule has 7 nitrogen and oxygen atoms in total. The van der Waals surface area contributed by atoms with Crippen LogP contribution < -0.4 is 14.4 Å². The van der Waals surface area contributed by atoms with Crippen molar-refractivity contribution >= 4 is 17.6 Å². The molecule has 2 unspecified atom stereocenters. The molecule has 1 amide bonds. The van der Waals surface area contributed by atoms with Crippen LogP contribution in [-0.4, -0.2) is 44.4 Å². The van der Waals surface area contributed by atoms with Gasteiger partial charge in [-0.1, -0.05) is 0 Å². The maximum Gasteiger partial charge on any atom is 0.306 e. The largest absolute Gasteiger partial charge is 0.493 e. The Bertz CT molecular complexity index is 630. The van der Waals surface area contributed by atoms with Crippen molar-refractivity contribution in [1.29, 1.82) is 0 Å². The molecular weight excluding hydrogens is 314 g/mol. The number of carbonyl (C=O) groups excluding carboxylic acids is 2. The summed E-state index contributed by atoms with van der Waals surface area (Å²) in [5.74, 6) is -0.926. The lowest BCUT2D eigenvalue weighted by atomic mass is 9.85. The third kappa shape index (κ3) is 3.03. The van der Waals surface area contributed by atoms with Crippen LogP contribution in [0.5, 0.6) is 11.5 Å². The number of carbonyl (C=O) groups is 2. The topological polar surface area (TPSA) is 85.3 Å². The van der Waals surface area contributed by atoms with Crippen LogP contribution >= 0.6 is 0 Å². The molecule has 1 aromatic carbocycles. The lowest BCUT2D eigenvalue weighted by molar-refractivity contribution is -0.148. The molecule has 132 valence electrons. The quantitative estimate of drug-likeness (QED) is 0.795. The number of esters is 1. The zero-order valence-corrected chi connectivity index (χ0v) is 14.4. The SMILES string of the molecule is CCOC(=O)CC1C(=O)N(CC)c2ccc(OC)c(OC)c2C1O. The van der Waals surface area contributed by atoms with Gasteiger partial charge in [-0.25, -0.2) is 0 Å². The van der Waals surface area contributed by atoms with E-state index in [-0.39, 0.29) is 18.9 Å². The highest BCUT2D eigenvalue weighted by Gasteiger charge is 2.42. The second-order valence-electron chi connectivity index (χ2n) is 5.38. The van der Waals surface area contributed by atoms with E-state index >= 15 is 0 Å². The lowest BCUT2D eigenvalue weighted by Gasteiger charge is -2.37. The Balaban J connectivity index is 2.52. The molecule has 0 radical (unpaired) electrons. The summed E-state index contributed by atoms with van der Waals surface area (Å²) in [6.07, 6.45) is -1.37. The first kappa shape index (κ1) is 18.1. The van der Waals surface area contributed by atoms with E-state index in [0.29, 0.717) is 29.3 Å². The van der Waals surface area contributed by atoms with Gasteiger partial charge in [-0.15, -0.1) is 0 Å². The summed E-state index contributed by atoms with van der Waals surface area (Å²) in [5, 5.41) is 10.8. The van der Waals surface area contributed by atoms with Crippen molar-refractivity contribution in [2.24, 2.45) is 5.92 Å². The fraction of sp³-hybridized carbons (Fsp3) is 0.529. The van der Waals surface area contributed by atoms with Crippen molar-refractivity contribution in [2.75, 3.05) is 32.3 Å². The fourth-order valence-corrected chi connectivity index (χ4v) is 3.04. The number of fused-ring (bicyclic) bond motifs is 1. The Kier molecular flexibility index (Phi) is 5.66. The minimum Gasteiger partial charge on any atom is -0.493 e. The van der Waals surface area contributed by atoms with Gasteiger partial charge in [0, 0.05) is 6.54 Å². The predicted octanol–water partition coefficient (Wildman–Crippen LogP) is 1.67. The molecule has 0 bridgehead atoms. The molecule has 0 aromatic heterocycles. The fourth-order valence-electron chi connectivity index (χ4n) is 3.04. The molecule has 0 saturated heterocycles. The van der Waals surface area contributed by atoms with E-state index in [2.05, 4.69) is 0 Å². The van der Waals surface area contributed by atoms with E-state index in [1.165, 1.54) is 19.1 Å². The van der Waals surface area contributed by atoms with Gasteiger partial charge in [0.1, 0.15) is 0 Å². The van der Waals surface area contributed by atoms with E-state index in [0.717, 1.165) is 0 Å². The van der Waals surface area contributed by atoms with Crippen LogP contribution in [0.2, 0.25) is 0 Å². The normalized spacial score (nSPS) is 19.7. The van der Waals surface area contributed by atoms with E-state index in [1.54, 1.807) is 19.1 Å². The van der Waals surface area contributed by atoms with Crippen LogP contribution in [0.15, 0.2) is 12.1 Å².